The van der Waals surface area contributed by atoms with Gasteiger partial charge in [0.2, 0.25) is 0 Å². The zero-order valence-corrected chi connectivity index (χ0v) is 18.8. The van der Waals surface area contributed by atoms with Crippen LogP contribution < -0.4 is 0 Å². The van der Waals surface area contributed by atoms with Crippen molar-refractivity contribution >= 4 is 5.78 Å². The topological polar surface area (TPSA) is 17.1 Å². The number of carbonyl (C=O) groups excluding carboxylic acids is 1. The zero-order chi connectivity index (χ0) is 19.5. The summed E-state index contributed by atoms with van der Waals surface area (Å²) in [5.41, 5.74) is 0. The summed E-state index contributed by atoms with van der Waals surface area (Å²) < 4.78 is 0.855. The Morgan fingerprint density at radius 1 is 0.577 bits per heavy atom. The normalized spacial score (nSPS) is 11.8. The van der Waals surface area contributed by atoms with Crippen molar-refractivity contribution in [2.75, 3.05) is 27.2 Å². The van der Waals surface area contributed by atoms with E-state index in [0.29, 0.717) is 12.3 Å². The largest absolute Gasteiger partial charge is 0.322 e. The molecular weight excluding hydrogens is 318 g/mol. The van der Waals surface area contributed by atoms with Gasteiger partial charge in [-0.15, -0.1) is 0 Å². The summed E-state index contributed by atoms with van der Waals surface area (Å²) in [6, 6.07) is 0. The maximum atomic E-state index is 12.1. The molecule has 0 N–H and O–H groups in total. The van der Waals surface area contributed by atoms with Crippen LogP contribution in [0.4, 0.5) is 0 Å². The highest BCUT2D eigenvalue weighted by molar-refractivity contribution is 5.79. The van der Waals surface area contributed by atoms with Crippen molar-refractivity contribution in [2.24, 2.45) is 0 Å². The van der Waals surface area contributed by atoms with Crippen LogP contribution in [0, 0.1) is 0 Å². The summed E-state index contributed by atoms with van der Waals surface area (Å²) in [5, 5.41) is 0. The van der Waals surface area contributed by atoms with Gasteiger partial charge in [0.1, 0.15) is 6.54 Å². The molecule has 0 rings (SSSR count). The van der Waals surface area contributed by atoms with Gasteiger partial charge in [0.15, 0.2) is 5.78 Å². The van der Waals surface area contributed by atoms with E-state index in [-0.39, 0.29) is 0 Å². The summed E-state index contributed by atoms with van der Waals surface area (Å²) in [4.78, 5) is 12.1. The molecule has 0 fully saturated rings. The Kier molecular flexibility index (Phi) is 17.8. The molecule has 0 saturated carbocycles. The van der Waals surface area contributed by atoms with Crippen LogP contribution in [-0.2, 0) is 4.79 Å². The Morgan fingerprint density at radius 2 is 0.962 bits per heavy atom. The van der Waals surface area contributed by atoms with Crippen molar-refractivity contribution in [1.29, 1.82) is 0 Å². The lowest BCUT2D eigenvalue weighted by Crippen LogP contribution is -2.44. The second-order valence-electron chi connectivity index (χ2n) is 9.06. The number of Topliss-reactive ketones (excluding diaryl/α,β-unsaturated/α-hetero) is 1. The van der Waals surface area contributed by atoms with Gasteiger partial charge in [0.05, 0.1) is 20.6 Å². The van der Waals surface area contributed by atoms with Crippen molar-refractivity contribution < 1.29 is 9.28 Å². The lowest BCUT2D eigenvalue weighted by Gasteiger charge is -2.28. The van der Waals surface area contributed by atoms with Crippen molar-refractivity contribution in [3.8, 4) is 0 Å². The number of likely N-dealkylation sites (N-methyl/N-ethyl adjacent to an activating group) is 1. The Labute approximate surface area is 165 Å². The van der Waals surface area contributed by atoms with Crippen LogP contribution >= 0.6 is 0 Å². The molecule has 26 heavy (non-hydrogen) atoms. The number of ketones is 1. The molecule has 0 aromatic rings. The van der Waals surface area contributed by atoms with Gasteiger partial charge in [-0.25, -0.2) is 0 Å². The molecular formula is C24H50NO+. The van der Waals surface area contributed by atoms with Crippen LogP contribution in [0.2, 0.25) is 0 Å². The Morgan fingerprint density at radius 3 is 1.35 bits per heavy atom. The maximum Gasteiger partial charge on any atom is 0.186 e. The average Bonchev–Trinajstić information content (AvgIpc) is 2.57. The molecule has 0 bridgehead atoms. The van der Waals surface area contributed by atoms with Crippen molar-refractivity contribution in [1.82, 2.24) is 0 Å². The van der Waals surface area contributed by atoms with E-state index < -0.39 is 0 Å². The molecule has 0 saturated heterocycles. The minimum Gasteiger partial charge on any atom is -0.322 e. The van der Waals surface area contributed by atoms with E-state index >= 15 is 0 Å². The van der Waals surface area contributed by atoms with Crippen LogP contribution in [-0.4, -0.2) is 37.5 Å². The number of hydrogen-bond acceptors (Lipinski definition) is 1. The molecule has 2 nitrogen and oxygen atoms in total. The van der Waals surface area contributed by atoms with E-state index in [1.54, 1.807) is 0 Å². The van der Waals surface area contributed by atoms with E-state index in [0.717, 1.165) is 30.3 Å². The van der Waals surface area contributed by atoms with E-state index in [1.165, 1.54) is 89.9 Å². The fourth-order valence-corrected chi connectivity index (χ4v) is 3.93. The van der Waals surface area contributed by atoms with Gasteiger partial charge in [0.25, 0.3) is 0 Å². The Balaban J connectivity index is 3.25. The second kappa shape index (κ2) is 18.0. The zero-order valence-electron chi connectivity index (χ0n) is 18.8. The van der Waals surface area contributed by atoms with Gasteiger partial charge < -0.3 is 4.48 Å². The first-order valence-electron chi connectivity index (χ1n) is 11.9. The van der Waals surface area contributed by atoms with Crippen LogP contribution in [0.1, 0.15) is 123 Å². The van der Waals surface area contributed by atoms with Gasteiger partial charge in [0, 0.05) is 6.42 Å². The fraction of sp³-hybridized carbons (Fsp3) is 0.958. The minimum absolute atomic E-state index is 0.457. The molecule has 0 atom stereocenters. The number of hydrogen-bond donors (Lipinski definition) is 0. The summed E-state index contributed by atoms with van der Waals surface area (Å²) >= 11 is 0. The Bertz CT molecular complexity index is 311. The van der Waals surface area contributed by atoms with Crippen LogP contribution in [0.15, 0.2) is 0 Å². The number of unbranched alkanes of at least 4 members (excludes halogenated alkanes) is 14. The SMILES string of the molecule is CCCCCCCCCCCCCCCCCC(=O)C[N+](C)(C)CCC. The second-order valence-corrected chi connectivity index (χ2v) is 9.06. The number of carbonyl (C=O) groups is 1. The highest BCUT2D eigenvalue weighted by Gasteiger charge is 2.18. The molecule has 0 amide bonds. The predicted octanol–water partition coefficient (Wildman–Crippen LogP) is 7.30. The lowest BCUT2D eigenvalue weighted by molar-refractivity contribution is -0.882. The highest BCUT2D eigenvalue weighted by Crippen LogP contribution is 2.14. The summed E-state index contributed by atoms with van der Waals surface area (Å²) in [7, 11) is 4.35. The van der Waals surface area contributed by atoms with Gasteiger partial charge in [-0.1, -0.05) is 104 Å². The van der Waals surface area contributed by atoms with E-state index in [1.807, 2.05) is 0 Å². The van der Waals surface area contributed by atoms with Crippen LogP contribution in [0.3, 0.4) is 0 Å². The third-order valence-corrected chi connectivity index (χ3v) is 5.49. The standard InChI is InChI=1S/C24H50NO/c1-5-7-8-9-10-11-12-13-14-15-16-17-18-19-20-21-24(26)23-25(3,4)22-6-2/h5-23H2,1-4H3/q+1. The quantitative estimate of drug-likeness (QED) is 0.163. The molecule has 0 unspecified atom stereocenters. The third-order valence-electron chi connectivity index (χ3n) is 5.49. The summed E-state index contributed by atoms with van der Waals surface area (Å²) in [6.45, 7) is 6.30. The molecule has 156 valence electrons. The van der Waals surface area contributed by atoms with Crippen molar-refractivity contribution in [3.63, 3.8) is 0 Å². The van der Waals surface area contributed by atoms with Crippen LogP contribution in [0.5, 0.6) is 0 Å². The van der Waals surface area contributed by atoms with Crippen molar-refractivity contribution in [2.45, 2.75) is 123 Å². The molecule has 0 aliphatic carbocycles. The Hall–Kier alpha value is -0.370. The van der Waals surface area contributed by atoms with Gasteiger partial charge in [-0.3, -0.25) is 4.79 Å². The molecule has 0 heterocycles. The maximum absolute atomic E-state index is 12.1. The molecule has 0 aliphatic heterocycles. The molecule has 0 radical (unpaired) electrons. The monoisotopic (exact) mass is 368 g/mol. The van der Waals surface area contributed by atoms with Gasteiger partial charge >= 0.3 is 0 Å². The number of nitrogens with zero attached hydrogens (tertiary/aromatic N) is 1. The van der Waals surface area contributed by atoms with Gasteiger partial charge in [-0.2, -0.15) is 0 Å². The highest BCUT2D eigenvalue weighted by atomic mass is 16.1. The van der Waals surface area contributed by atoms with E-state index in [9.17, 15) is 4.79 Å². The lowest BCUT2D eigenvalue weighted by atomic mass is 10.0. The average molecular weight is 369 g/mol. The molecule has 2 heteroatoms. The van der Waals surface area contributed by atoms with E-state index in [4.69, 9.17) is 0 Å². The molecule has 0 aromatic carbocycles. The smallest absolute Gasteiger partial charge is 0.186 e. The molecule has 0 aromatic heterocycles. The molecule has 0 spiro atoms. The van der Waals surface area contributed by atoms with E-state index in [2.05, 4.69) is 27.9 Å². The third kappa shape index (κ3) is 18.4. The van der Waals surface area contributed by atoms with Crippen LogP contribution in [0.25, 0.3) is 0 Å². The fourth-order valence-electron chi connectivity index (χ4n) is 3.93. The summed E-state index contributed by atoms with van der Waals surface area (Å²) in [6.07, 6.45) is 22.7. The molecule has 0 aliphatic rings. The number of quaternary nitrogens is 1. The number of rotatable bonds is 20. The first-order valence-corrected chi connectivity index (χ1v) is 11.9. The summed E-state index contributed by atoms with van der Waals surface area (Å²) in [5.74, 6) is 0.457. The first kappa shape index (κ1) is 25.6. The van der Waals surface area contributed by atoms with Crippen molar-refractivity contribution in [3.05, 3.63) is 0 Å². The predicted molar refractivity (Wildman–Crippen MR) is 117 cm³/mol. The first-order chi connectivity index (χ1) is 12.5. The minimum atomic E-state index is 0.457. The van der Waals surface area contributed by atoms with Gasteiger partial charge in [-0.05, 0) is 12.8 Å².